The van der Waals surface area contributed by atoms with Crippen molar-refractivity contribution in [1.82, 2.24) is 14.2 Å². The summed E-state index contributed by atoms with van der Waals surface area (Å²) < 4.78 is 27.7. The second-order valence-corrected chi connectivity index (χ2v) is 11.0. The molecule has 0 N–H and O–H groups in total. The van der Waals surface area contributed by atoms with Gasteiger partial charge in [0.2, 0.25) is 10.0 Å². The van der Waals surface area contributed by atoms with E-state index in [0.29, 0.717) is 28.9 Å². The molecule has 30 heavy (non-hydrogen) atoms. The molecule has 2 heterocycles. The molecular weight excluding hydrogens is 418 g/mol. The highest BCUT2D eigenvalue weighted by atomic mass is 35.5. The normalized spacial score (nSPS) is 20.5. The van der Waals surface area contributed by atoms with E-state index < -0.39 is 10.0 Å². The summed E-state index contributed by atoms with van der Waals surface area (Å²) >= 11 is 6.05. The maximum absolute atomic E-state index is 13.0. The van der Waals surface area contributed by atoms with Gasteiger partial charge >= 0.3 is 0 Å². The summed E-state index contributed by atoms with van der Waals surface area (Å²) in [6.07, 6.45) is 7.87. The van der Waals surface area contributed by atoms with Crippen LogP contribution >= 0.6 is 11.6 Å². The quantitative estimate of drug-likeness (QED) is 0.659. The van der Waals surface area contributed by atoms with Crippen LogP contribution < -0.4 is 0 Å². The number of likely N-dealkylation sites (N-methyl/N-ethyl adjacent to an activating group) is 1. The Morgan fingerprint density at radius 1 is 1.03 bits per heavy atom. The molecule has 2 aliphatic rings. The number of hydrogen-bond donors (Lipinski definition) is 0. The zero-order valence-electron chi connectivity index (χ0n) is 17.5. The van der Waals surface area contributed by atoms with Crippen LogP contribution in [0.3, 0.4) is 0 Å². The molecule has 0 spiro atoms. The third-order valence-electron chi connectivity index (χ3n) is 6.53. The van der Waals surface area contributed by atoms with E-state index in [1.807, 2.05) is 31.3 Å². The summed E-state index contributed by atoms with van der Waals surface area (Å²) in [5, 5.41) is 0.631. The van der Waals surface area contributed by atoms with Gasteiger partial charge in [0.1, 0.15) is 0 Å². The molecule has 1 aromatic heterocycles. The fourth-order valence-electron chi connectivity index (χ4n) is 4.65. The average molecular weight is 448 g/mol. The van der Waals surface area contributed by atoms with Crippen LogP contribution in [0.2, 0.25) is 5.02 Å². The Kier molecular flexibility index (Phi) is 6.78. The maximum atomic E-state index is 13.0. The first-order valence-corrected chi connectivity index (χ1v) is 12.7. The Balaban J connectivity index is 1.58. The van der Waals surface area contributed by atoms with Gasteiger partial charge in [-0.1, -0.05) is 49.4 Å². The molecule has 2 aromatic rings. The molecule has 1 atom stereocenters. The van der Waals surface area contributed by atoms with Crippen LogP contribution in [0, 0.1) is 5.92 Å². The van der Waals surface area contributed by atoms with Crippen LogP contribution in [-0.4, -0.2) is 55.8 Å². The lowest BCUT2D eigenvalue weighted by molar-refractivity contribution is 0.222. The number of benzene rings is 1. The van der Waals surface area contributed by atoms with Gasteiger partial charge in [-0.3, -0.25) is 4.98 Å². The smallest absolute Gasteiger partial charge is 0.243 e. The number of sulfonamides is 1. The molecule has 5 nitrogen and oxygen atoms in total. The van der Waals surface area contributed by atoms with Crippen molar-refractivity contribution in [3.8, 4) is 0 Å². The van der Waals surface area contributed by atoms with Crippen LogP contribution in [0.1, 0.15) is 49.3 Å². The molecule has 0 bridgehead atoms. The number of rotatable bonds is 6. The number of pyridine rings is 1. The van der Waals surface area contributed by atoms with E-state index in [0.717, 1.165) is 30.8 Å². The monoisotopic (exact) mass is 447 g/mol. The summed E-state index contributed by atoms with van der Waals surface area (Å²) in [4.78, 5) is 7.11. The molecule has 162 valence electrons. The van der Waals surface area contributed by atoms with Gasteiger partial charge in [0.05, 0.1) is 9.92 Å². The summed E-state index contributed by atoms with van der Waals surface area (Å²) in [5.74, 6) is 0.854. The number of piperazine rings is 1. The van der Waals surface area contributed by atoms with Crippen LogP contribution in [0.15, 0.2) is 47.5 Å². The van der Waals surface area contributed by atoms with E-state index in [1.54, 1.807) is 22.6 Å². The fraction of sp³-hybridized carbons (Fsp3) is 0.522. The third-order valence-corrected chi connectivity index (χ3v) is 8.67. The van der Waals surface area contributed by atoms with E-state index in [4.69, 9.17) is 11.6 Å². The molecule has 0 radical (unpaired) electrons. The SMILES string of the molecule is CN1CCN(S(=O)(=O)c2ccc(C(CC3CCCC3)c3ccc(Cl)cn3)cc2)CC1. The van der Waals surface area contributed by atoms with Crippen molar-refractivity contribution in [3.05, 3.63) is 58.9 Å². The molecule has 0 amide bonds. The topological polar surface area (TPSA) is 53.5 Å². The number of aromatic nitrogens is 1. The highest BCUT2D eigenvalue weighted by Gasteiger charge is 2.28. The lowest BCUT2D eigenvalue weighted by atomic mass is 9.85. The van der Waals surface area contributed by atoms with Crippen molar-refractivity contribution in [2.75, 3.05) is 33.2 Å². The molecule has 7 heteroatoms. The van der Waals surface area contributed by atoms with Crippen LogP contribution in [0.5, 0.6) is 0 Å². The van der Waals surface area contributed by atoms with E-state index >= 15 is 0 Å². The van der Waals surface area contributed by atoms with Crippen molar-refractivity contribution < 1.29 is 8.42 Å². The average Bonchev–Trinajstić information content (AvgIpc) is 3.27. The molecular formula is C23H30ClN3O2S. The van der Waals surface area contributed by atoms with E-state index in [-0.39, 0.29) is 5.92 Å². The molecule has 1 unspecified atom stereocenters. The summed E-state index contributed by atoms with van der Waals surface area (Å²) in [6, 6.07) is 11.4. The van der Waals surface area contributed by atoms with E-state index in [1.165, 1.54) is 25.7 Å². The summed E-state index contributed by atoms with van der Waals surface area (Å²) in [5.41, 5.74) is 2.12. The Labute approximate surface area is 185 Å². The number of hydrogen-bond acceptors (Lipinski definition) is 4. The molecule has 1 aliphatic heterocycles. The molecule has 4 rings (SSSR count). The standard InChI is InChI=1S/C23H30ClN3O2S/c1-26-12-14-27(15-13-26)30(28,29)21-9-6-19(7-10-21)22(16-18-4-2-3-5-18)23-11-8-20(24)17-25-23/h6-11,17-18,22H,2-5,12-16H2,1H3. The van der Waals surface area contributed by atoms with Gasteiger partial charge in [-0.25, -0.2) is 8.42 Å². The van der Waals surface area contributed by atoms with Gasteiger partial charge in [-0.05, 0) is 49.2 Å². The van der Waals surface area contributed by atoms with Gasteiger partial charge in [0, 0.05) is 44.0 Å². The summed E-state index contributed by atoms with van der Waals surface area (Å²) in [6.45, 7) is 2.62. The predicted octanol–water partition coefficient (Wildman–Crippen LogP) is 4.38. The zero-order valence-corrected chi connectivity index (χ0v) is 19.1. The second kappa shape index (κ2) is 9.35. The van der Waals surface area contributed by atoms with E-state index in [2.05, 4.69) is 9.88 Å². The first kappa shape index (κ1) is 21.8. The second-order valence-electron chi connectivity index (χ2n) is 8.62. The van der Waals surface area contributed by atoms with Gasteiger partial charge in [-0.2, -0.15) is 4.31 Å². The van der Waals surface area contributed by atoms with Crippen molar-refractivity contribution in [2.45, 2.75) is 42.9 Å². The number of nitrogens with zero attached hydrogens (tertiary/aromatic N) is 3. The molecule has 1 saturated heterocycles. The van der Waals surface area contributed by atoms with Crippen molar-refractivity contribution >= 4 is 21.6 Å². The van der Waals surface area contributed by atoms with Crippen molar-refractivity contribution in [2.24, 2.45) is 5.92 Å². The third kappa shape index (κ3) is 4.88. The molecule has 1 saturated carbocycles. The van der Waals surface area contributed by atoms with Gasteiger partial charge in [0.15, 0.2) is 0 Å². The van der Waals surface area contributed by atoms with Crippen LogP contribution in [0.25, 0.3) is 0 Å². The largest absolute Gasteiger partial charge is 0.304 e. The minimum atomic E-state index is -3.45. The highest BCUT2D eigenvalue weighted by molar-refractivity contribution is 7.89. The Hall–Kier alpha value is -1.47. The van der Waals surface area contributed by atoms with Crippen LogP contribution in [-0.2, 0) is 10.0 Å². The minimum Gasteiger partial charge on any atom is -0.304 e. The molecule has 1 aliphatic carbocycles. The molecule has 1 aromatic carbocycles. The number of halogens is 1. The highest BCUT2D eigenvalue weighted by Crippen LogP contribution is 2.37. The fourth-order valence-corrected chi connectivity index (χ4v) is 6.18. The van der Waals surface area contributed by atoms with Crippen molar-refractivity contribution in [1.29, 1.82) is 0 Å². The predicted molar refractivity (Wildman–Crippen MR) is 120 cm³/mol. The van der Waals surface area contributed by atoms with Gasteiger partial charge in [0.25, 0.3) is 0 Å². The Bertz CT molecular complexity index is 933. The van der Waals surface area contributed by atoms with Gasteiger partial charge < -0.3 is 4.90 Å². The lowest BCUT2D eigenvalue weighted by Crippen LogP contribution is -2.46. The van der Waals surface area contributed by atoms with Crippen molar-refractivity contribution in [3.63, 3.8) is 0 Å². The van der Waals surface area contributed by atoms with Crippen LogP contribution in [0.4, 0.5) is 0 Å². The van der Waals surface area contributed by atoms with E-state index in [9.17, 15) is 8.42 Å². The van der Waals surface area contributed by atoms with Gasteiger partial charge in [-0.15, -0.1) is 0 Å². The Morgan fingerprint density at radius 3 is 2.30 bits per heavy atom. The lowest BCUT2D eigenvalue weighted by Gasteiger charge is -2.31. The first-order chi connectivity index (χ1) is 14.4. The zero-order chi connectivity index (χ0) is 21.1. The maximum Gasteiger partial charge on any atom is 0.243 e. The molecule has 2 fully saturated rings. The Morgan fingerprint density at radius 2 is 1.70 bits per heavy atom. The first-order valence-electron chi connectivity index (χ1n) is 10.8. The summed E-state index contributed by atoms with van der Waals surface area (Å²) in [7, 11) is -1.43. The minimum absolute atomic E-state index is 0.158.